The standard InChI is InChI=1S/C9H15NO2/c1-7-5-10(6-8(7)2)4-3-9(11)12/h3-4,7-8H,5-6H2,1-2H3,(H,11,12). The summed E-state index contributed by atoms with van der Waals surface area (Å²) in [6, 6.07) is 0. The summed E-state index contributed by atoms with van der Waals surface area (Å²) in [4.78, 5) is 12.3. The first-order valence-electron chi connectivity index (χ1n) is 4.24. The Balaban J connectivity index is 2.42. The summed E-state index contributed by atoms with van der Waals surface area (Å²) >= 11 is 0. The second kappa shape index (κ2) is 3.61. The van der Waals surface area contributed by atoms with Gasteiger partial charge in [-0.2, -0.15) is 0 Å². The number of hydrogen-bond donors (Lipinski definition) is 1. The molecule has 0 spiro atoms. The molecule has 2 unspecified atom stereocenters. The Labute approximate surface area is 72.7 Å². The quantitative estimate of drug-likeness (QED) is 0.631. The Morgan fingerprint density at radius 3 is 2.33 bits per heavy atom. The summed E-state index contributed by atoms with van der Waals surface area (Å²) in [6.45, 7) is 6.34. The van der Waals surface area contributed by atoms with Crippen molar-refractivity contribution in [2.75, 3.05) is 13.1 Å². The number of rotatable bonds is 2. The predicted molar refractivity (Wildman–Crippen MR) is 46.7 cm³/mol. The van der Waals surface area contributed by atoms with Crippen LogP contribution in [0.15, 0.2) is 12.3 Å². The largest absolute Gasteiger partial charge is 0.478 e. The fraction of sp³-hybridized carbons (Fsp3) is 0.667. The monoisotopic (exact) mass is 169 g/mol. The molecular formula is C9H15NO2. The van der Waals surface area contributed by atoms with Gasteiger partial charge in [0.2, 0.25) is 0 Å². The number of aliphatic carboxylic acids is 1. The molecule has 1 rings (SSSR count). The minimum atomic E-state index is -0.873. The van der Waals surface area contributed by atoms with Crippen LogP contribution in [0.1, 0.15) is 13.8 Å². The average Bonchev–Trinajstić information content (AvgIpc) is 2.28. The van der Waals surface area contributed by atoms with Gasteiger partial charge in [-0.3, -0.25) is 0 Å². The molecule has 1 heterocycles. The van der Waals surface area contributed by atoms with Crippen LogP contribution in [-0.2, 0) is 4.79 Å². The van der Waals surface area contributed by atoms with Gasteiger partial charge < -0.3 is 10.0 Å². The second-order valence-corrected chi connectivity index (χ2v) is 3.56. The van der Waals surface area contributed by atoms with E-state index in [2.05, 4.69) is 18.7 Å². The Bertz CT molecular complexity index is 191. The second-order valence-electron chi connectivity index (χ2n) is 3.56. The van der Waals surface area contributed by atoms with Crippen LogP contribution in [0.25, 0.3) is 0 Å². The third-order valence-electron chi connectivity index (χ3n) is 2.44. The minimum Gasteiger partial charge on any atom is -0.478 e. The maximum atomic E-state index is 10.2. The molecule has 0 saturated carbocycles. The molecule has 0 aliphatic carbocycles. The van der Waals surface area contributed by atoms with Crippen molar-refractivity contribution in [2.45, 2.75) is 13.8 Å². The lowest BCUT2D eigenvalue weighted by molar-refractivity contribution is -0.131. The van der Waals surface area contributed by atoms with Crippen LogP contribution < -0.4 is 0 Å². The van der Waals surface area contributed by atoms with Gasteiger partial charge in [-0.25, -0.2) is 4.79 Å². The Morgan fingerprint density at radius 1 is 1.42 bits per heavy atom. The Kier molecular flexibility index (Phi) is 2.74. The first-order chi connectivity index (χ1) is 5.59. The lowest BCUT2D eigenvalue weighted by Gasteiger charge is -2.10. The average molecular weight is 169 g/mol. The topological polar surface area (TPSA) is 40.5 Å². The third-order valence-corrected chi connectivity index (χ3v) is 2.44. The molecule has 0 bridgehead atoms. The zero-order valence-corrected chi connectivity index (χ0v) is 7.53. The molecule has 0 aromatic carbocycles. The maximum Gasteiger partial charge on any atom is 0.329 e. The van der Waals surface area contributed by atoms with Gasteiger partial charge in [-0.05, 0) is 11.8 Å². The molecule has 1 aliphatic heterocycles. The van der Waals surface area contributed by atoms with E-state index in [4.69, 9.17) is 5.11 Å². The Morgan fingerprint density at radius 2 is 1.92 bits per heavy atom. The van der Waals surface area contributed by atoms with Gasteiger partial charge in [0, 0.05) is 25.4 Å². The third kappa shape index (κ3) is 2.26. The van der Waals surface area contributed by atoms with Gasteiger partial charge in [0.25, 0.3) is 0 Å². The summed E-state index contributed by atoms with van der Waals surface area (Å²) in [5.74, 6) is 0.467. The molecule has 1 aliphatic rings. The summed E-state index contributed by atoms with van der Waals surface area (Å²) in [7, 11) is 0. The molecule has 68 valence electrons. The van der Waals surface area contributed by atoms with Crippen molar-refractivity contribution in [2.24, 2.45) is 11.8 Å². The van der Waals surface area contributed by atoms with E-state index in [-0.39, 0.29) is 0 Å². The summed E-state index contributed by atoms with van der Waals surface area (Å²) in [5, 5.41) is 8.39. The molecule has 0 aromatic heterocycles. The zero-order valence-electron chi connectivity index (χ0n) is 7.53. The molecule has 0 amide bonds. The highest BCUT2D eigenvalue weighted by atomic mass is 16.4. The van der Waals surface area contributed by atoms with Gasteiger partial charge in [0.15, 0.2) is 0 Å². The highest BCUT2D eigenvalue weighted by molar-refractivity contribution is 5.79. The number of hydrogen-bond acceptors (Lipinski definition) is 2. The van der Waals surface area contributed by atoms with Crippen LogP contribution in [-0.4, -0.2) is 29.1 Å². The Hall–Kier alpha value is -0.990. The number of carboxylic acid groups (broad SMARTS) is 1. The first-order valence-corrected chi connectivity index (χ1v) is 4.24. The van der Waals surface area contributed by atoms with Gasteiger partial charge >= 0.3 is 5.97 Å². The minimum absolute atomic E-state index is 0.670. The number of nitrogens with zero attached hydrogens (tertiary/aromatic N) is 1. The van der Waals surface area contributed by atoms with E-state index in [1.807, 2.05) is 0 Å². The van der Waals surface area contributed by atoms with E-state index in [0.717, 1.165) is 13.1 Å². The molecule has 3 nitrogen and oxygen atoms in total. The van der Waals surface area contributed by atoms with Gasteiger partial charge in [-0.1, -0.05) is 13.8 Å². The van der Waals surface area contributed by atoms with Crippen molar-refractivity contribution in [1.82, 2.24) is 4.90 Å². The molecule has 2 atom stereocenters. The predicted octanol–water partition coefficient (Wildman–Crippen LogP) is 1.17. The van der Waals surface area contributed by atoms with Crippen LogP contribution in [0.2, 0.25) is 0 Å². The highest BCUT2D eigenvalue weighted by Crippen LogP contribution is 2.21. The summed E-state index contributed by atoms with van der Waals surface area (Å²) in [6.07, 6.45) is 2.87. The number of carbonyl (C=O) groups is 1. The summed E-state index contributed by atoms with van der Waals surface area (Å²) < 4.78 is 0. The number of carboxylic acids is 1. The van der Waals surface area contributed by atoms with Gasteiger partial charge in [0.1, 0.15) is 0 Å². The van der Waals surface area contributed by atoms with Crippen LogP contribution >= 0.6 is 0 Å². The molecule has 1 N–H and O–H groups in total. The maximum absolute atomic E-state index is 10.2. The SMILES string of the molecule is CC1CN(C=CC(=O)O)CC1C. The van der Waals surface area contributed by atoms with Gasteiger partial charge in [-0.15, -0.1) is 0 Å². The molecular weight excluding hydrogens is 154 g/mol. The van der Waals surface area contributed by atoms with Crippen LogP contribution in [0.4, 0.5) is 0 Å². The number of likely N-dealkylation sites (tertiary alicyclic amines) is 1. The fourth-order valence-electron chi connectivity index (χ4n) is 1.47. The molecule has 12 heavy (non-hydrogen) atoms. The van der Waals surface area contributed by atoms with Crippen molar-refractivity contribution < 1.29 is 9.90 Å². The fourth-order valence-corrected chi connectivity index (χ4v) is 1.47. The van der Waals surface area contributed by atoms with Crippen molar-refractivity contribution >= 4 is 5.97 Å². The van der Waals surface area contributed by atoms with Gasteiger partial charge in [0.05, 0.1) is 0 Å². The smallest absolute Gasteiger partial charge is 0.329 e. The molecule has 1 saturated heterocycles. The van der Waals surface area contributed by atoms with Crippen LogP contribution in [0, 0.1) is 11.8 Å². The molecule has 1 fully saturated rings. The highest BCUT2D eigenvalue weighted by Gasteiger charge is 2.23. The first kappa shape index (κ1) is 9.10. The van der Waals surface area contributed by atoms with E-state index in [0.29, 0.717) is 11.8 Å². The lowest BCUT2D eigenvalue weighted by Crippen LogP contribution is -2.13. The van der Waals surface area contributed by atoms with Crippen LogP contribution in [0.5, 0.6) is 0 Å². The van der Waals surface area contributed by atoms with Crippen molar-refractivity contribution in [3.8, 4) is 0 Å². The van der Waals surface area contributed by atoms with Crippen molar-refractivity contribution in [3.05, 3.63) is 12.3 Å². The van der Waals surface area contributed by atoms with E-state index >= 15 is 0 Å². The molecule has 0 radical (unpaired) electrons. The summed E-state index contributed by atoms with van der Waals surface area (Å²) in [5.41, 5.74) is 0. The van der Waals surface area contributed by atoms with E-state index in [1.165, 1.54) is 6.08 Å². The lowest BCUT2D eigenvalue weighted by atomic mass is 10.0. The van der Waals surface area contributed by atoms with Crippen molar-refractivity contribution in [3.63, 3.8) is 0 Å². The molecule has 0 aromatic rings. The van der Waals surface area contributed by atoms with E-state index < -0.39 is 5.97 Å². The van der Waals surface area contributed by atoms with Crippen LogP contribution in [0.3, 0.4) is 0 Å². The normalized spacial score (nSPS) is 30.0. The van der Waals surface area contributed by atoms with E-state index in [1.54, 1.807) is 6.20 Å². The van der Waals surface area contributed by atoms with E-state index in [9.17, 15) is 4.79 Å². The van der Waals surface area contributed by atoms with Crippen molar-refractivity contribution in [1.29, 1.82) is 0 Å². The molecule has 3 heteroatoms. The zero-order chi connectivity index (χ0) is 9.14.